The lowest BCUT2D eigenvalue weighted by Gasteiger charge is -2.31. The molecule has 0 fully saturated rings. The minimum absolute atomic E-state index is 0.248. The minimum Gasteiger partial charge on any atom is -0.463 e. The van der Waals surface area contributed by atoms with Gasteiger partial charge < -0.3 is 9.16 Å². The third kappa shape index (κ3) is 6.96. The summed E-state index contributed by atoms with van der Waals surface area (Å²) < 4.78 is 11.3. The number of hydrogen-bond donors (Lipinski definition) is 0. The Bertz CT molecular complexity index is 258. The van der Waals surface area contributed by atoms with Crippen LogP contribution in [-0.4, -0.2) is 27.0 Å². The first kappa shape index (κ1) is 17.4. The average molecular weight is 272 g/mol. The number of rotatable bonds is 9. The molecule has 0 aromatic rings. The topological polar surface area (TPSA) is 35.5 Å². The smallest absolute Gasteiger partial charge is 0.330 e. The van der Waals surface area contributed by atoms with E-state index in [4.69, 9.17) is 9.16 Å². The second-order valence-corrected chi connectivity index (χ2v) is 9.34. The van der Waals surface area contributed by atoms with Crippen LogP contribution < -0.4 is 0 Å². The molecular formula is C14H28O3Si. The fourth-order valence-electron chi connectivity index (χ4n) is 2.08. The molecule has 0 radical (unpaired) electrons. The molecule has 0 unspecified atom stereocenters. The van der Waals surface area contributed by atoms with Gasteiger partial charge in [-0.1, -0.05) is 19.9 Å². The standard InChI is InChI=1S/C14H28O3Si/c1-6-10-14(15)16-11-9-12-18(7-2,8-3)17-13(4)5/h6,10,13H,7-9,11-12H2,1-5H3. The van der Waals surface area contributed by atoms with Gasteiger partial charge in [-0.3, -0.25) is 0 Å². The van der Waals surface area contributed by atoms with E-state index in [1.807, 2.05) is 6.92 Å². The van der Waals surface area contributed by atoms with Crippen molar-refractivity contribution in [3.05, 3.63) is 12.2 Å². The third-order valence-corrected chi connectivity index (χ3v) is 7.91. The van der Waals surface area contributed by atoms with Crippen LogP contribution in [0.1, 0.15) is 41.0 Å². The van der Waals surface area contributed by atoms with Crippen LogP contribution in [0.2, 0.25) is 18.1 Å². The zero-order valence-corrected chi connectivity index (χ0v) is 13.5. The SMILES string of the molecule is CC=CC(=O)OCCC[Si](CC)(CC)OC(C)C. The molecular weight excluding hydrogens is 244 g/mol. The number of esters is 1. The van der Waals surface area contributed by atoms with E-state index in [-0.39, 0.29) is 5.97 Å². The van der Waals surface area contributed by atoms with Gasteiger partial charge in [-0.25, -0.2) is 4.79 Å². The van der Waals surface area contributed by atoms with Gasteiger partial charge >= 0.3 is 5.97 Å². The molecule has 0 aromatic heterocycles. The Kier molecular flexibility index (Phi) is 9.02. The maximum atomic E-state index is 11.2. The van der Waals surface area contributed by atoms with Crippen LogP contribution in [0.15, 0.2) is 12.2 Å². The molecule has 0 aliphatic rings. The summed E-state index contributed by atoms with van der Waals surface area (Å²) in [6, 6.07) is 3.33. The van der Waals surface area contributed by atoms with Gasteiger partial charge in [0.15, 0.2) is 8.32 Å². The quantitative estimate of drug-likeness (QED) is 0.276. The lowest BCUT2D eigenvalue weighted by atomic mass is 10.5. The van der Waals surface area contributed by atoms with E-state index >= 15 is 0 Å². The highest BCUT2D eigenvalue weighted by molar-refractivity contribution is 6.73. The maximum absolute atomic E-state index is 11.2. The van der Waals surface area contributed by atoms with Crippen molar-refractivity contribution in [2.75, 3.05) is 6.61 Å². The number of ether oxygens (including phenoxy) is 1. The van der Waals surface area contributed by atoms with E-state index in [1.165, 1.54) is 6.08 Å². The molecule has 3 nitrogen and oxygen atoms in total. The fraction of sp³-hybridized carbons (Fsp3) is 0.786. The molecule has 106 valence electrons. The molecule has 0 aliphatic carbocycles. The summed E-state index contributed by atoms with van der Waals surface area (Å²) in [6.07, 6.45) is 4.35. The Balaban J connectivity index is 4.08. The summed E-state index contributed by atoms with van der Waals surface area (Å²) in [4.78, 5) is 11.2. The second kappa shape index (κ2) is 9.33. The van der Waals surface area contributed by atoms with Gasteiger partial charge in [-0.05, 0) is 45.3 Å². The zero-order valence-electron chi connectivity index (χ0n) is 12.5. The Hall–Kier alpha value is -0.613. The molecule has 0 saturated carbocycles. The van der Waals surface area contributed by atoms with Crippen molar-refractivity contribution in [1.82, 2.24) is 0 Å². The van der Waals surface area contributed by atoms with E-state index < -0.39 is 8.32 Å². The van der Waals surface area contributed by atoms with Gasteiger partial charge in [0.2, 0.25) is 0 Å². The lowest BCUT2D eigenvalue weighted by Crippen LogP contribution is -2.39. The van der Waals surface area contributed by atoms with Crippen LogP contribution >= 0.6 is 0 Å². The van der Waals surface area contributed by atoms with E-state index in [2.05, 4.69) is 27.7 Å². The molecule has 18 heavy (non-hydrogen) atoms. The zero-order chi connectivity index (χ0) is 14.0. The van der Waals surface area contributed by atoms with Crippen LogP contribution in [0.4, 0.5) is 0 Å². The predicted molar refractivity (Wildman–Crippen MR) is 78.1 cm³/mol. The van der Waals surface area contributed by atoms with E-state index in [9.17, 15) is 4.79 Å². The molecule has 4 heteroatoms. The van der Waals surface area contributed by atoms with E-state index in [0.717, 1.165) is 24.6 Å². The summed E-state index contributed by atoms with van der Waals surface area (Å²) in [6.45, 7) is 10.9. The monoisotopic (exact) mass is 272 g/mol. The number of carbonyl (C=O) groups excluding carboxylic acids is 1. The molecule has 0 bridgehead atoms. The highest BCUT2D eigenvalue weighted by atomic mass is 28.4. The van der Waals surface area contributed by atoms with Crippen LogP contribution in [0, 0.1) is 0 Å². The van der Waals surface area contributed by atoms with Crippen molar-refractivity contribution in [2.24, 2.45) is 0 Å². The molecule has 0 atom stereocenters. The molecule has 0 aliphatic heterocycles. The lowest BCUT2D eigenvalue weighted by molar-refractivity contribution is -0.137. The molecule has 0 saturated heterocycles. The van der Waals surface area contributed by atoms with Gasteiger partial charge in [0.05, 0.1) is 6.61 Å². The number of carbonyl (C=O) groups is 1. The summed E-state index contributed by atoms with van der Waals surface area (Å²) in [5, 5.41) is 0. The van der Waals surface area contributed by atoms with Gasteiger partial charge in [-0.2, -0.15) is 0 Å². The highest BCUT2D eigenvalue weighted by Gasteiger charge is 2.31. The first-order valence-corrected chi connectivity index (χ1v) is 9.50. The number of hydrogen-bond acceptors (Lipinski definition) is 3. The van der Waals surface area contributed by atoms with Crippen LogP contribution in [-0.2, 0) is 14.0 Å². The summed E-state index contributed by atoms with van der Waals surface area (Å²) in [5.74, 6) is -0.248. The molecule has 0 amide bonds. The van der Waals surface area contributed by atoms with Gasteiger partial charge in [-0.15, -0.1) is 0 Å². The Morgan fingerprint density at radius 1 is 1.28 bits per heavy atom. The van der Waals surface area contributed by atoms with Gasteiger partial charge in [0.25, 0.3) is 0 Å². The summed E-state index contributed by atoms with van der Waals surface area (Å²) in [7, 11) is -1.61. The molecule has 0 rings (SSSR count). The Morgan fingerprint density at radius 2 is 1.89 bits per heavy atom. The van der Waals surface area contributed by atoms with Crippen LogP contribution in [0.5, 0.6) is 0 Å². The van der Waals surface area contributed by atoms with Crippen molar-refractivity contribution in [3.63, 3.8) is 0 Å². The second-order valence-electron chi connectivity index (χ2n) is 4.83. The third-order valence-electron chi connectivity index (χ3n) is 3.10. The van der Waals surface area contributed by atoms with E-state index in [1.54, 1.807) is 6.08 Å². The molecule has 0 heterocycles. The van der Waals surface area contributed by atoms with Gasteiger partial charge in [0, 0.05) is 12.2 Å². The van der Waals surface area contributed by atoms with Crippen LogP contribution in [0.3, 0.4) is 0 Å². The molecule has 0 N–H and O–H groups in total. The Morgan fingerprint density at radius 3 is 2.33 bits per heavy atom. The summed E-state index contributed by atoms with van der Waals surface area (Å²) >= 11 is 0. The highest BCUT2D eigenvalue weighted by Crippen LogP contribution is 2.25. The first-order chi connectivity index (χ1) is 8.49. The van der Waals surface area contributed by atoms with Crippen molar-refractivity contribution in [1.29, 1.82) is 0 Å². The van der Waals surface area contributed by atoms with Crippen molar-refractivity contribution >= 4 is 14.3 Å². The largest absolute Gasteiger partial charge is 0.463 e. The summed E-state index contributed by atoms with van der Waals surface area (Å²) in [5.41, 5.74) is 0. The van der Waals surface area contributed by atoms with Crippen molar-refractivity contribution < 1.29 is 14.0 Å². The van der Waals surface area contributed by atoms with Gasteiger partial charge in [0.1, 0.15) is 0 Å². The normalized spacial score (nSPS) is 12.3. The molecule has 0 aromatic carbocycles. The minimum atomic E-state index is -1.61. The number of allylic oxidation sites excluding steroid dienone is 1. The van der Waals surface area contributed by atoms with Crippen LogP contribution in [0.25, 0.3) is 0 Å². The Labute approximate surface area is 113 Å². The predicted octanol–water partition coefficient (Wildman–Crippen LogP) is 3.91. The average Bonchev–Trinajstić information content (AvgIpc) is 2.33. The fourth-order valence-corrected chi connectivity index (χ4v) is 5.53. The molecule has 0 spiro atoms. The van der Waals surface area contributed by atoms with E-state index in [0.29, 0.717) is 12.7 Å². The van der Waals surface area contributed by atoms with Crippen molar-refractivity contribution in [3.8, 4) is 0 Å². The first-order valence-electron chi connectivity index (χ1n) is 6.97. The maximum Gasteiger partial charge on any atom is 0.330 e. The van der Waals surface area contributed by atoms with Crippen molar-refractivity contribution in [2.45, 2.75) is 65.3 Å².